The second-order valence-corrected chi connectivity index (χ2v) is 8.37. The van der Waals surface area contributed by atoms with Crippen molar-refractivity contribution in [2.75, 3.05) is 11.5 Å². The maximum absolute atomic E-state index is 14.0. The van der Waals surface area contributed by atoms with Crippen molar-refractivity contribution in [3.63, 3.8) is 0 Å². The van der Waals surface area contributed by atoms with Gasteiger partial charge in [-0.25, -0.2) is 8.78 Å². The molecular formula is C25H17Cl2F2NO5. The van der Waals surface area contributed by atoms with Crippen molar-refractivity contribution in [2.24, 2.45) is 0 Å². The van der Waals surface area contributed by atoms with Gasteiger partial charge in [-0.15, -0.1) is 0 Å². The average Bonchev–Trinajstić information content (AvgIpc) is 3.09. The van der Waals surface area contributed by atoms with Gasteiger partial charge in [0, 0.05) is 17.3 Å². The summed E-state index contributed by atoms with van der Waals surface area (Å²) in [5, 5.41) is 21.2. The Kier molecular flexibility index (Phi) is 6.69. The van der Waals surface area contributed by atoms with Crippen LogP contribution in [0.15, 0.2) is 60.2 Å². The van der Waals surface area contributed by atoms with E-state index in [1.54, 1.807) is 6.92 Å². The van der Waals surface area contributed by atoms with Crippen LogP contribution in [0.25, 0.3) is 5.76 Å². The van der Waals surface area contributed by atoms with E-state index >= 15 is 0 Å². The molecule has 1 atom stereocenters. The van der Waals surface area contributed by atoms with E-state index in [2.05, 4.69) is 0 Å². The molecular weight excluding hydrogens is 503 g/mol. The van der Waals surface area contributed by atoms with Gasteiger partial charge in [0.25, 0.3) is 11.7 Å². The normalized spacial score (nSPS) is 17.2. The molecule has 180 valence electrons. The number of rotatable bonds is 5. The van der Waals surface area contributed by atoms with Crippen LogP contribution in [-0.2, 0) is 9.59 Å². The van der Waals surface area contributed by atoms with Crippen molar-refractivity contribution < 1.29 is 33.3 Å². The number of phenols is 1. The first-order chi connectivity index (χ1) is 16.6. The number of carbonyl (C=O) groups is 2. The van der Waals surface area contributed by atoms with E-state index in [1.807, 2.05) is 0 Å². The fourth-order valence-electron chi connectivity index (χ4n) is 3.81. The average molecular weight is 520 g/mol. The van der Waals surface area contributed by atoms with Crippen LogP contribution < -0.4 is 9.64 Å². The largest absolute Gasteiger partial charge is 0.507 e. The van der Waals surface area contributed by atoms with Gasteiger partial charge in [-0.05, 0) is 55.0 Å². The number of aliphatic hydroxyl groups excluding tert-OH is 1. The molecule has 4 rings (SSSR count). The fourth-order valence-corrected chi connectivity index (χ4v) is 4.18. The number of phenolic OH excluding ortho intramolecular Hbond substituents is 1. The zero-order valence-corrected chi connectivity index (χ0v) is 19.6. The van der Waals surface area contributed by atoms with Crippen molar-refractivity contribution >= 4 is 46.3 Å². The molecule has 1 amide bonds. The van der Waals surface area contributed by atoms with E-state index in [0.717, 1.165) is 23.1 Å². The molecule has 0 radical (unpaired) electrons. The number of halogens is 4. The molecule has 0 spiro atoms. The highest BCUT2D eigenvalue weighted by Gasteiger charge is 2.47. The number of aromatic hydroxyl groups is 1. The zero-order chi connectivity index (χ0) is 25.4. The molecule has 1 aliphatic heterocycles. The minimum absolute atomic E-state index is 0.0801. The molecule has 0 aliphatic carbocycles. The summed E-state index contributed by atoms with van der Waals surface area (Å²) in [5.74, 6) is -5.05. The number of carbonyl (C=O) groups excluding carboxylic acids is 2. The predicted octanol–water partition coefficient (Wildman–Crippen LogP) is 6.00. The van der Waals surface area contributed by atoms with Crippen LogP contribution in [0.1, 0.15) is 24.1 Å². The number of hydrogen-bond acceptors (Lipinski definition) is 5. The SMILES string of the molecule is CCOc1cc(/C(O)=C2\C(=O)C(=O)N(c3ccc(F)c(F)c3)C2c2ccc(O)c(Cl)c2)ccc1Cl. The summed E-state index contributed by atoms with van der Waals surface area (Å²) in [5.41, 5.74) is -0.0788. The fraction of sp³-hybridized carbons (Fsp3) is 0.120. The van der Waals surface area contributed by atoms with Crippen LogP contribution in [0, 0.1) is 11.6 Å². The van der Waals surface area contributed by atoms with Crippen molar-refractivity contribution in [1.82, 2.24) is 0 Å². The lowest BCUT2D eigenvalue weighted by atomic mass is 9.95. The summed E-state index contributed by atoms with van der Waals surface area (Å²) in [6.07, 6.45) is 0. The molecule has 0 saturated carbocycles. The van der Waals surface area contributed by atoms with Crippen molar-refractivity contribution in [2.45, 2.75) is 13.0 Å². The van der Waals surface area contributed by atoms with Crippen LogP contribution in [0.2, 0.25) is 10.0 Å². The topological polar surface area (TPSA) is 87.1 Å². The Morgan fingerprint density at radius 1 is 1.00 bits per heavy atom. The van der Waals surface area contributed by atoms with Gasteiger partial charge in [0.2, 0.25) is 0 Å². The van der Waals surface area contributed by atoms with Crippen molar-refractivity contribution in [1.29, 1.82) is 0 Å². The number of nitrogens with zero attached hydrogens (tertiary/aromatic N) is 1. The van der Waals surface area contributed by atoms with Gasteiger partial charge in [0.05, 0.1) is 28.3 Å². The highest BCUT2D eigenvalue weighted by atomic mass is 35.5. The zero-order valence-electron chi connectivity index (χ0n) is 18.1. The lowest BCUT2D eigenvalue weighted by Crippen LogP contribution is -2.29. The quantitative estimate of drug-likeness (QED) is 0.245. The molecule has 35 heavy (non-hydrogen) atoms. The van der Waals surface area contributed by atoms with Gasteiger partial charge in [0.15, 0.2) is 11.6 Å². The minimum atomic E-state index is -1.27. The van der Waals surface area contributed by atoms with Crippen LogP contribution in [-0.4, -0.2) is 28.5 Å². The third-order valence-electron chi connectivity index (χ3n) is 5.42. The Bertz CT molecular complexity index is 1390. The number of ether oxygens (including phenoxy) is 1. The van der Waals surface area contributed by atoms with Crippen molar-refractivity contribution in [3.8, 4) is 11.5 Å². The summed E-state index contributed by atoms with van der Waals surface area (Å²) in [4.78, 5) is 27.2. The number of hydrogen-bond donors (Lipinski definition) is 2. The Hall–Kier alpha value is -3.62. The maximum Gasteiger partial charge on any atom is 0.300 e. The first-order valence-electron chi connectivity index (χ1n) is 10.3. The highest BCUT2D eigenvalue weighted by molar-refractivity contribution is 6.51. The predicted molar refractivity (Wildman–Crippen MR) is 127 cm³/mol. The standard InChI is InChI=1S/C25H17Cl2F2NO5/c1-2-35-20-10-13(3-6-15(20)26)23(32)21-22(12-4-8-19(31)16(27)9-12)30(25(34)24(21)33)14-5-7-17(28)18(29)11-14/h3-11,22,31-32H,2H2,1H3/b23-21+. The van der Waals surface area contributed by atoms with Gasteiger partial charge < -0.3 is 14.9 Å². The lowest BCUT2D eigenvalue weighted by molar-refractivity contribution is -0.132. The lowest BCUT2D eigenvalue weighted by Gasteiger charge is -2.25. The van der Waals surface area contributed by atoms with Crippen LogP contribution >= 0.6 is 23.2 Å². The summed E-state index contributed by atoms with van der Waals surface area (Å²) < 4.78 is 33.1. The Labute approximate surface area is 208 Å². The first-order valence-corrected chi connectivity index (χ1v) is 11.1. The number of Topliss-reactive ketones (excluding diaryl/α,β-unsaturated/α-hetero) is 1. The summed E-state index contributed by atoms with van der Waals surface area (Å²) in [6, 6.07) is 9.70. The van der Waals surface area contributed by atoms with Gasteiger partial charge in [-0.1, -0.05) is 29.3 Å². The molecule has 3 aromatic rings. The molecule has 1 heterocycles. The number of aliphatic hydroxyl groups is 1. The molecule has 0 bridgehead atoms. The van der Waals surface area contributed by atoms with Crippen LogP contribution in [0.3, 0.4) is 0 Å². The smallest absolute Gasteiger partial charge is 0.300 e. The molecule has 1 fully saturated rings. The van der Waals surface area contributed by atoms with E-state index in [9.17, 15) is 28.6 Å². The molecule has 3 aromatic carbocycles. The van der Waals surface area contributed by atoms with Gasteiger partial charge >= 0.3 is 0 Å². The molecule has 1 aliphatic rings. The number of anilines is 1. The van der Waals surface area contributed by atoms with E-state index < -0.39 is 35.1 Å². The summed E-state index contributed by atoms with van der Waals surface area (Å²) in [6.45, 7) is 2.03. The first kappa shape index (κ1) is 24.5. The number of ketones is 1. The number of benzene rings is 3. The van der Waals surface area contributed by atoms with E-state index in [1.165, 1.54) is 36.4 Å². The van der Waals surface area contributed by atoms with E-state index in [0.29, 0.717) is 0 Å². The van der Waals surface area contributed by atoms with Crippen molar-refractivity contribution in [3.05, 3.63) is 93.0 Å². The molecule has 0 aromatic heterocycles. The minimum Gasteiger partial charge on any atom is -0.507 e. The van der Waals surface area contributed by atoms with E-state index in [4.69, 9.17) is 27.9 Å². The maximum atomic E-state index is 14.0. The number of amides is 1. The highest BCUT2D eigenvalue weighted by Crippen LogP contribution is 2.44. The summed E-state index contributed by atoms with van der Waals surface area (Å²) in [7, 11) is 0. The second kappa shape index (κ2) is 9.56. The third-order valence-corrected chi connectivity index (χ3v) is 6.03. The molecule has 1 saturated heterocycles. The van der Waals surface area contributed by atoms with Gasteiger partial charge in [-0.3, -0.25) is 14.5 Å². The van der Waals surface area contributed by atoms with Crippen LogP contribution in [0.5, 0.6) is 11.5 Å². The summed E-state index contributed by atoms with van der Waals surface area (Å²) >= 11 is 12.2. The van der Waals surface area contributed by atoms with Gasteiger partial charge in [-0.2, -0.15) is 0 Å². The Balaban J connectivity index is 1.96. The second-order valence-electron chi connectivity index (χ2n) is 7.56. The van der Waals surface area contributed by atoms with Gasteiger partial charge in [0.1, 0.15) is 17.3 Å². The third kappa shape index (κ3) is 4.42. The molecule has 6 nitrogen and oxygen atoms in total. The van der Waals surface area contributed by atoms with Crippen LogP contribution in [0.4, 0.5) is 14.5 Å². The monoisotopic (exact) mass is 519 g/mol. The molecule has 10 heteroatoms. The molecule has 2 N–H and O–H groups in total. The Morgan fingerprint density at radius 3 is 2.40 bits per heavy atom. The molecule has 1 unspecified atom stereocenters. The van der Waals surface area contributed by atoms with E-state index in [-0.39, 0.29) is 50.5 Å². The Morgan fingerprint density at radius 2 is 1.74 bits per heavy atom.